The summed E-state index contributed by atoms with van der Waals surface area (Å²) in [5.74, 6) is 2.82. The first-order chi connectivity index (χ1) is 9.31. The van der Waals surface area contributed by atoms with Crippen molar-refractivity contribution >= 4 is 5.52 Å². The summed E-state index contributed by atoms with van der Waals surface area (Å²) in [6.45, 7) is 0. The molecule has 4 rings (SSSR count). The summed E-state index contributed by atoms with van der Waals surface area (Å²) < 4.78 is 1.93. The van der Waals surface area contributed by atoms with Crippen LogP contribution in [0, 0.1) is 17.8 Å². The minimum absolute atomic E-state index is 0.143. The van der Waals surface area contributed by atoms with E-state index in [1.807, 2.05) is 23.0 Å². The normalized spacial score (nSPS) is 31.1. The van der Waals surface area contributed by atoms with Crippen LogP contribution in [-0.4, -0.2) is 9.61 Å². The van der Waals surface area contributed by atoms with Gasteiger partial charge in [-0.2, -0.15) is 5.10 Å². The largest absolute Gasteiger partial charge is 0.324 e. The Morgan fingerprint density at radius 1 is 1.32 bits per heavy atom. The standard InChI is InChI=1S/C16H21N3/c17-15(9-13-8-11-4-5-12(13)7-11)14-10-18-19-6-2-1-3-16(14)19/h1-3,6,10-13,15H,4-5,7-9,17H2. The third kappa shape index (κ3) is 1.88. The lowest BCUT2D eigenvalue weighted by atomic mass is 9.83. The maximum atomic E-state index is 6.46. The number of nitrogens with zero attached hydrogens (tertiary/aromatic N) is 2. The van der Waals surface area contributed by atoms with Gasteiger partial charge in [-0.05, 0) is 55.6 Å². The molecule has 2 saturated carbocycles. The third-order valence-corrected chi connectivity index (χ3v) is 5.30. The van der Waals surface area contributed by atoms with Gasteiger partial charge in [0.05, 0.1) is 11.7 Å². The van der Waals surface area contributed by atoms with E-state index in [2.05, 4.69) is 17.2 Å². The van der Waals surface area contributed by atoms with Crippen molar-refractivity contribution < 1.29 is 0 Å². The monoisotopic (exact) mass is 255 g/mol. The van der Waals surface area contributed by atoms with Gasteiger partial charge in [0.25, 0.3) is 0 Å². The molecule has 0 aliphatic heterocycles. The van der Waals surface area contributed by atoms with Gasteiger partial charge in [-0.25, -0.2) is 4.52 Å². The Labute approximate surface area is 113 Å². The molecule has 3 nitrogen and oxygen atoms in total. The van der Waals surface area contributed by atoms with Crippen molar-refractivity contribution in [1.82, 2.24) is 9.61 Å². The van der Waals surface area contributed by atoms with Crippen molar-refractivity contribution in [3.63, 3.8) is 0 Å². The molecule has 2 bridgehead atoms. The zero-order chi connectivity index (χ0) is 12.8. The molecule has 0 spiro atoms. The van der Waals surface area contributed by atoms with Crippen molar-refractivity contribution in [3.8, 4) is 0 Å². The zero-order valence-electron chi connectivity index (χ0n) is 11.2. The lowest BCUT2D eigenvalue weighted by Crippen LogP contribution is -2.19. The van der Waals surface area contributed by atoms with Gasteiger partial charge in [0.15, 0.2) is 0 Å². The lowest BCUT2D eigenvalue weighted by molar-refractivity contribution is 0.296. The predicted octanol–water partition coefficient (Wildman–Crippen LogP) is 3.16. The minimum atomic E-state index is 0.143. The Kier molecular flexibility index (Phi) is 2.62. The van der Waals surface area contributed by atoms with Crippen molar-refractivity contribution in [2.24, 2.45) is 23.5 Å². The van der Waals surface area contributed by atoms with E-state index in [0.29, 0.717) is 0 Å². The molecule has 19 heavy (non-hydrogen) atoms. The first kappa shape index (κ1) is 11.5. The Balaban J connectivity index is 1.55. The fourth-order valence-electron chi connectivity index (χ4n) is 4.36. The van der Waals surface area contributed by atoms with E-state index in [4.69, 9.17) is 5.73 Å². The molecule has 3 heteroatoms. The van der Waals surface area contributed by atoms with Crippen LogP contribution in [0.3, 0.4) is 0 Å². The van der Waals surface area contributed by atoms with Crippen molar-refractivity contribution in [3.05, 3.63) is 36.2 Å². The summed E-state index contributed by atoms with van der Waals surface area (Å²) in [4.78, 5) is 0. The van der Waals surface area contributed by atoms with E-state index in [1.54, 1.807) is 0 Å². The second kappa shape index (κ2) is 4.34. The first-order valence-electron chi connectivity index (χ1n) is 7.49. The van der Waals surface area contributed by atoms with Crippen LogP contribution in [0.15, 0.2) is 30.6 Å². The van der Waals surface area contributed by atoms with Gasteiger partial charge in [0, 0.05) is 17.8 Å². The zero-order valence-corrected chi connectivity index (χ0v) is 11.2. The molecular weight excluding hydrogens is 234 g/mol. The number of nitrogens with two attached hydrogens (primary N) is 1. The van der Waals surface area contributed by atoms with E-state index in [1.165, 1.54) is 31.2 Å². The SMILES string of the molecule is NC(CC1CC2CCC1C2)c1cnn2ccccc12. The minimum Gasteiger partial charge on any atom is -0.324 e. The lowest BCUT2D eigenvalue weighted by Gasteiger charge is -2.24. The Morgan fingerprint density at radius 2 is 2.26 bits per heavy atom. The number of hydrogen-bond acceptors (Lipinski definition) is 2. The van der Waals surface area contributed by atoms with E-state index in [9.17, 15) is 0 Å². The van der Waals surface area contributed by atoms with Gasteiger partial charge in [-0.15, -0.1) is 0 Å². The quantitative estimate of drug-likeness (QED) is 0.915. The molecule has 2 aliphatic carbocycles. The number of pyridine rings is 1. The third-order valence-electron chi connectivity index (χ3n) is 5.30. The first-order valence-corrected chi connectivity index (χ1v) is 7.49. The molecule has 4 atom stereocenters. The van der Waals surface area contributed by atoms with E-state index >= 15 is 0 Å². The average Bonchev–Trinajstić information content (AvgIpc) is 3.13. The van der Waals surface area contributed by atoms with Crippen LogP contribution in [0.1, 0.15) is 43.7 Å². The number of aromatic nitrogens is 2. The van der Waals surface area contributed by atoms with Gasteiger partial charge < -0.3 is 5.73 Å². The molecule has 2 fully saturated rings. The number of fused-ring (bicyclic) bond motifs is 3. The number of rotatable bonds is 3. The van der Waals surface area contributed by atoms with Crippen LogP contribution < -0.4 is 5.73 Å². The molecule has 0 amide bonds. The van der Waals surface area contributed by atoms with Gasteiger partial charge >= 0.3 is 0 Å². The Morgan fingerprint density at radius 3 is 3.05 bits per heavy atom. The fraction of sp³-hybridized carbons (Fsp3) is 0.562. The van der Waals surface area contributed by atoms with Gasteiger partial charge in [-0.3, -0.25) is 0 Å². The van der Waals surface area contributed by atoms with Crippen LogP contribution in [0.4, 0.5) is 0 Å². The highest BCUT2D eigenvalue weighted by Gasteiger charge is 2.40. The topological polar surface area (TPSA) is 43.3 Å². The van der Waals surface area contributed by atoms with E-state index in [-0.39, 0.29) is 6.04 Å². The molecule has 2 aliphatic rings. The number of hydrogen-bond donors (Lipinski definition) is 1. The molecule has 4 unspecified atom stereocenters. The molecule has 2 N–H and O–H groups in total. The second-order valence-electron chi connectivity index (χ2n) is 6.41. The molecule has 0 aromatic carbocycles. The summed E-state index contributed by atoms with van der Waals surface area (Å²) in [5.41, 5.74) is 8.84. The fourth-order valence-corrected chi connectivity index (χ4v) is 4.36. The highest BCUT2D eigenvalue weighted by molar-refractivity contribution is 5.54. The van der Waals surface area contributed by atoms with Gasteiger partial charge in [0.1, 0.15) is 0 Å². The van der Waals surface area contributed by atoms with Crippen LogP contribution >= 0.6 is 0 Å². The summed E-state index contributed by atoms with van der Waals surface area (Å²) >= 11 is 0. The summed E-state index contributed by atoms with van der Waals surface area (Å²) in [5, 5.41) is 4.40. The van der Waals surface area contributed by atoms with Crippen LogP contribution in [0.5, 0.6) is 0 Å². The molecule has 2 aromatic heterocycles. The average molecular weight is 255 g/mol. The van der Waals surface area contributed by atoms with Crippen LogP contribution in [0.2, 0.25) is 0 Å². The maximum Gasteiger partial charge on any atom is 0.0709 e. The van der Waals surface area contributed by atoms with Crippen molar-refractivity contribution in [1.29, 1.82) is 0 Å². The maximum absolute atomic E-state index is 6.46. The Bertz CT molecular complexity index is 588. The molecule has 0 radical (unpaired) electrons. The smallest absolute Gasteiger partial charge is 0.0709 e. The van der Waals surface area contributed by atoms with Crippen LogP contribution in [-0.2, 0) is 0 Å². The predicted molar refractivity (Wildman–Crippen MR) is 75.7 cm³/mol. The van der Waals surface area contributed by atoms with Gasteiger partial charge in [0.2, 0.25) is 0 Å². The van der Waals surface area contributed by atoms with E-state index < -0.39 is 0 Å². The van der Waals surface area contributed by atoms with Crippen LogP contribution in [0.25, 0.3) is 5.52 Å². The summed E-state index contributed by atoms with van der Waals surface area (Å²) in [6, 6.07) is 6.32. The molecule has 0 saturated heterocycles. The van der Waals surface area contributed by atoms with Crippen molar-refractivity contribution in [2.75, 3.05) is 0 Å². The molecular formula is C16H21N3. The van der Waals surface area contributed by atoms with Crippen molar-refractivity contribution in [2.45, 2.75) is 38.1 Å². The summed E-state index contributed by atoms with van der Waals surface area (Å²) in [7, 11) is 0. The Hall–Kier alpha value is -1.35. The second-order valence-corrected chi connectivity index (χ2v) is 6.41. The highest BCUT2D eigenvalue weighted by Crippen LogP contribution is 2.50. The highest BCUT2D eigenvalue weighted by atomic mass is 15.2. The molecule has 2 aromatic rings. The van der Waals surface area contributed by atoms with Gasteiger partial charge in [-0.1, -0.05) is 12.5 Å². The molecule has 100 valence electrons. The molecule has 2 heterocycles. The van der Waals surface area contributed by atoms with E-state index in [0.717, 1.165) is 29.7 Å². The summed E-state index contributed by atoms with van der Waals surface area (Å²) in [6.07, 6.45) is 10.9.